The number of hydrogen-bond donors (Lipinski definition) is 2. The standard InChI is InChI=1S/C10H15NOS/c12-10(9-2-1-4-11-9)6-8-3-5-13-7-8/h3,5,7,9-12H,1-2,4,6H2/t9-,10?/m0/s1. The fourth-order valence-electron chi connectivity index (χ4n) is 1.83. The lowest BCUT2D eigenvalue weighted by molar-refractivity contribution is 0.136. The van der Waals surface area contributed by atoms with Crippen molar-refractivity contribution in [1.29, 1.82) is 0 Å². The normalized spacial score (nSPS) is 24.8. The van der Waals surface area contributed by atoms with E-state index >= 15 is 0 Å². The molecule has 0 aromatic carbocycles. The number of rotatable bonds is 3. The zero-order valence-electron chi connectivity index (χ0n) is 7.57. The van der Waals surface area contributed by atoms with E-state index in [9.17, 15) is 5.11 Å². The highest BCUT2D eigenvalue weighted by Gasteiger charge is 2.22. The summed E-state index contributed by atoms with van der Waals surface area (Å²) in [6.45, 7) is 1.06. The summed E-state index contributed by atoms with van der Waals surface area (Å²) in [6, 6.07) is 2.41. The van der Waals surface area contributed by atoms with Crippen LogP contribution in [-0.2, 0) is 6.42 Å². The van der Waals surface area contributed by atoms with Crippen molar-refractivity contribution in [3.63, 3.8) is 0 Å². The molecular formula is C10H15NOS. The maximum Gasteiger partial charge on any atom is 0.0733 e. The molecule has 2 rings (SSSR count). The van der Waals surface area contributed by atoms with E-state index in [0.717, 1.165) is 19.4 Å². The van der Waals surface area contributed by atoms with Crippen molar-refractivity contribution in [2.75, 3.05) is 6.54 Å². The molecule has 2 nitrogen and oxygen atoms in total. The van der Waals surface area contributed by atoms with Gasteiger partial charge >= 0.3 is 0 Å². The van der Waals surface area contributed by atoms with Gasteiger partial charge in [-0.3, -0.25) is 0 Å². The Kier molecular flexibility index (Phi) is 2.98. The highest BCUT2D eigenvalue weighted by Crippen LogP contribution is 2.15. The summed E-state index contributed by atoms with van der Waals surface area (Å²) in [7, 11) is 0. The van der Waals surface area contributed by atoms with Crippen LogP contribution in [0.15, 0.2) is 16.8 Å². The molecule has 0 amide bonds. The van der Waals surface area contributed by atoms with Crippen molar-refractivity contribution in [2.24, 2.45) is 0 Å². The van der Waals surface area contributed by atoms with E-state index in [-0.39, 0.29) is 6.10 Å². The Bertz CT molecular complexity index is 241. The molecule has 13 heavy (non-hydrogen) atoms. The van der Waals surface area contributed by atoms with Gasteiger partial charge in [-0.1, -0.05) is 0 Å². The molecule has 0 saturated carbocycles. The summed E-state index contributed by atoms with van der Waals surface area (Å²) in [4.78, 5) is 0. The number of hydrogen-bond acceptors (Lipinski definition) is 3. The molecule has 1 saturated heterocycles. The highest BCUT2D eigenvalue weighted by atomic mass is 32.1. The summed E-state index contributed by atoms with van der Waals surface area (Å²) >= 11 is 1.69. The highest BCUT2D eigenvalue weighted by molar-refractivity contribution is 7.07. The number of aliphatic hydroxyl groups is 1. The molecule has 0 spiro atoms. The van der Waals surface area contributed by atoms with Crippen molar-refractivity contribution < 1.29 is 5.11 Å². The molecule has 1 unspecified atom stereocenters. The number of thiophene rings is 1. The fourth-order valence-corrected chi connectivity index (χ4v) is 2.51. The Balaban J connectivity index is 1.87. The van der Waals surface area contributed by atoms with Gasteiger partial charge in [0.1, 0.15) is 0 Å². The predicted octanol–water partition coefficient (Wildman–Crippen LogP) is 1.40. The van der Waals surface area contributed by atoms with Crippen LogP contribution in [0.1, 0.15) is 18.4 Å². The molecule has 2 atom stereocenters. The van der Waals surface area contributed by atoms with E-state index in [1.165, 1.54) is 12.0 Å². The third-order valence-electron chi connectivity index (χ3n) is 2.59. The average molecular weight is 197 g/mol. The van der Waals surface area contributed by atoms with Gasteiger partial charge in [-0.2, -0.15) is 11.3 Å². The van der Waals surface area contributed by atoms with Gasteiger partial charge in [-0.05, 0) is 41.8 Å². The lowest BCUT2D eigenvalue weighted by Gasteiger charge is -2.17. The number of nitrogens with one attached hydrogen (secondary N) is 1. The van der Waals surface area contributed by atoms with Crippen LogP contribution < -0.4 is 5.32 Å². The average Bonchev–Trinajstić information content (AvgIpc) is 2.74. The van der Waals surface area contributed by atoms with Crippen LogP contribution in [0.25, 0.3) is 0 Å². The van der Waals surface area contributed by atoms with Crippen LogP contribution in [0.5, 0.6) is 0 Å². The van der Waals surface area contributed by atoms with Gasteiger partial charge in [0, 0.05) is 12.5 Å². The van der Waals surface area contributed by atoms with Gasteiger partial charge in [0.05, 0.1) is 6.10 Å². The Hall–Kier alpha value is -0.380. The Morgan fingerprint density at radius 1 is 1.69 bits per heavy atom. The smallest absolute Gasteiger partial charge is 0.0733 e. The van der Waals surface area contributed by atoms with Crippen molar-refractivity contribution in [3.05, 3.63) is 22.4 Å². The van der Waals surface area contributed by atoms with Crippen LogP contribution >= 0.6 is 11.3 Å². The van der Waals surface area contributed by atoms with Crippen molar-refractivity contribution in [1.82, 2.24) is 5.32 Å². The monoisotopic (exact) mass is 197 g/mol. The van der Waals surface area contributed by atoms with E-state index in [0.29, 0.717) is 6.04 Å². The maximum absolute atomic E-state index is 9.86. The molecule has 0 bridgehead atoms. The van der Waals surface area contributed by atoms with Crippen LogP contribution in [0.2, 0.25) is 0 Å². The zero-order chi connectivity index (χ0) is 9.10. The SMILES string of the molecule is OC(Cc1ccsc1)[C@@H]1CCCN1. The molecule has 2 heterocycles. The van der Waals surface area contributed by atoms with Crippen LogP contribution in [-0.4, -0.2) is 23.8 Å². The van der Waals surface area contributed by atoms with E-state index < -0.39 is 0 Å². The predicted molar refractivity (Wildman–Crippen MR) is 55.1 cm³/mol. The largest absolute Gasteiger partial charge is 0.391 e. The van der Waals surface area contributed by atoms with Gasteiger partial charge in [-0.15, -0.1) is 0 Å². The first-order valence-electron chi connectivity index (χ1n) is 4.79. The van der Waals surface area contributed by atoms with Crippen LogP contribution in [0, 0.1) is 0 Å². The van der Waals surface area contributed by atoms with Gasteiger partial charge in [0.2, 0.25) is 0 Å². The molecular weight excluding hydrogens is 182 g/mol. The molecule has 2 N–H and O–H groups in total. The summed E-state index contributed by atoms with van der Waals surface area (Å²) < 4.78 is 0. The lowest BCUT2D eigenvalue weighted by atomic mass is 10.0. The Morgan fingerprint density at radius 2 is 2.62 bits per heavy atom. The van der Waals surface area contributed by atoms with E-state index in [1.54, 1.807) is 11.3 Å². The molecule has 1 aliphatic heterocycles. The van der Waals surface area contributed by atoms with Crippen molar-refractivity contribution in [3.8, 4) is 0 Å². The summed E-state index contributed by atoms with van der Waals surface area (Å²) in [6.07, 6.45) is 2.90. The molecule has 1 fully saturated rings. The second-order valence-electron chi connectivity index (χ2n) is 3.61. The molecule has 0 aliphatic carbocycles. The first kappa shape index (κ1) is 9.19. The summed E-state index contributed by atoms with van der Waals surface area (Å²) in [5, 5.41) is 17.4. The maximum atomic E-state index is 9.86. The van der Waals surface area contributed by atoms with Gasteiger partial charge < -0.3 is 10.4 Å². The molecule has 0 radical (unpaired) electrons. The van der Waals surface area contributed by atoms with E-state index in [4.69, 9.17) is 0 Å². The van der Waals surface area contributed by atoms with Crippen LogP contribution in [0.3, 0.4) is 0 Å². The van der Waals surface area contributed by atoms with E-state index in [2.05, 4.69) is 22.1 Å². The third-order valence-corrected chi connectivity index (χ3v) is 3.32. The van der Waals surface area contributed by atoms with Gasteiger partial charge in [0.15, 0.2) is 0 Å². The summed E-state index contributed by atoms with van der Waals surface area (Å²) in [5.41, 5.74) is 1.26. The summed E-state index contributed by atoms with van der Waals surface area (Å²) in [5.74, 6) is 0. The molecule has 1 aliphatic rings. The number of aliphatic hydroxyl groups excluding tert-OH is 1. The van der Waals surface area contributed by atoms with Gasteiger partial charge in [0.25, 0.3) is 0 Å². The fraction of sp³-hybridized carbons (Fsp3) is 0.600. The van der Waals surface area contributed by atoms with Crippen molar-refractivity contribution in [2.45, 2.75) is 31.4 Å². The molecule has 1 aromatic heterocycles. The van der Waals surface area contributed by atoms with Gasteiger partial charge in [-0.25, -0.2) is 0 Å². The zero-order valence-corrected chi connectivity index (χ0v) is 8.39. The minimum Gasteiger partial charge on any atom is -0.391 e. The minimum absolute atomic E-state index is 0.211. The van der Waals surface area contributed by atoms with Crippen LogP contribution in [0.4, 0.5) is 0 Å². The molecule has 3 heteroatoms. The topological polar surface area (TPSA) is 32.3 Å². The first-order chi connectivity index (χ1) is 6.36. The first-order valence-corrected chi connectivity index (χ1v) is 5.73. The molecule has 72 valence electrons. The molecule has 1 aromatic rings. The second-order valence-corrected chi connectivity index (χ2v) is 4.39. The quantitative estimate of drug-likeness (QED) is 0.768. The Labute approximate surface area is 82.6 Å². The third kappa shape index (κ3) is 2.30. The minimum atomic E-state index is -0.211. The lowest BCUT2D eigenvalue weighted by Crippen LogP contribution is -2.35. The Morgan fingerprint density at radius 3 is 3.23 bits per heavy atom. The second kappa shape index (κ2) is 4.22. The van der Waals surface area contributed by atoms with Crippen molar-refractivity contribution >= 4 is 11.3 Å². The van der Waals surface area contributed by atoms with E-state index in [1.807, 2.05) is 0 Å².